The number of rotatable bonds is 6. The van der Waals surface area contributed by atoms with E-state index in [4.69, 9.17) is 9.47 Å². The fraction of sp³-hybridized carbons (Fsp3) is 0.462. The third-order valence-corrected chi connectivity index (χ3v) is 6.13. The van der Waals surface area contributed by atoms with Gasteiger partial charge in [-0.15, -0.1) is 0 Å². The van der Waals surface area contributed by atoms with E-state index in [9.17, 15) is 9.59 Å². The van der Waals surface area contributed by atoms with Crippen molar-refractivity contribution in [2.75, 3.05) is 20.2 Å². The monoisotopic (exact) mass is 516 g/mol. The summed E-state index contributed by atoms with van der Waals surface area (Å²) in [6, 6.07) is 15.7. The van der Waals surface area contributed by atoms with Crippen molar-refractivity contribution in [3.63, 3.8) is 0 Å². The van der Waals surface area contributed by atoms with E-state index in [0.29, 0.717) is 26.1 Å². The molecule has 0 aromatic heterocycles. The number of amides is 2. The lowest BCUT2D eigenvalue weighted by Crippen LogP contribution is -2.49. The van der Waals surface area contributed by atoms with Gasteiger partial charge in [-0.05, 0) is 69.0 Å². The maximum absolute atomic E-state index is 13.4. The lowest BCUT2D eigenvalue weighted by molar-refractivity contribution is -0.134. The predicted octanol–water partition coefficient (Wildman–Crippen LogP) is 5.43. The lowest BCUT2D eigenvalue weighted by Gasteiger charge is -2.39. The Balaban J connectivity index is 1.71. The number of halogens is 1. The molecule has 1 fully saturated rings. The van der Waals surface area contributed by atoms with Gasteiger partial charge in [0.1, 0.15) is 11.4 Å². The molecular weight excluding hydrogens is 484 g/mol. The van der Waals surface area contributed by atoms with Crippen LogP contribution in [0.2, 0.25) is 0 Å². The van der Waals surface area contributed by atoms with E-state index in [2.05, 4.69) is 15.9 Å². The van der Waals surface area contributed by atoms with Crippen LogP contribution in [0, 0.1) is 0 Å². The van der Waals surface area contributed by atoms with Crippen LogP contribution in [0.25, 0.3) is 0 Å². The summed E-state index contributed by atoms with van der Waals surface area (Å²) in [5.41, 5.74) is 1.50. The lowest BCUT2D eigenvalue weighted by atomic mass is 10.0. The van der Waals surface area contributed by atoms with Crippen LogP contribution >= 0.6 is 15.9 Å². The van der Waals surface area contributed by atoms with E-state index in [1.807, 2.05) is 74.2 Å². The van der Waals surface area contributed by atoms with Crippen LogP contribution in [0.4, 0.5) is 4.79 Å². The molecular formula is C26H33BrN2O4. The number of nitrogens with zero attached hydrogens (tertiary/aromatic N) is 2. The van der Waals surface area contributed by atoms with Crippen molar-refractivity contribution in [3.05, 3.63) is 64.1 Å². The van der Waals surface area contributed by atoms with Gasteiger partial charge in [0.05, 0.1) is 13.5 Å². The smallest absolute Gasteiger partial charge is 0.410 e. The van der Waals surface area contributed by atoms with Gasteiger partial charge in [-0.1, -0.05) is 40.2 Å². The Morgan fingerprint density at radius 2 is 1.73 bits per heavy atom. The first-order chi connectivity index (χ1) is 15.6. The summed E-state index contributed by atoms with van der Waals surface area (Å²) in [6.45, 7) is 7.29. The highest BCUT2D eigenvalue weighted by Crippen LogP contribution is 2.23. The van der Waals surface area contributed by atoms with Gasteiger partial charge in [-0.25, -0.2) is 4.79 Å². The molecule has 1 aliphatic rings. The molecule has 0 N–H and O–H groups in total. The minimum absolute atomic E-state index is 0.0633. The van der Waals surface area contributed by atoms with E-state index >= 15 is 0 Å². The highest BCUT2D eigenvalue weighted by Gasteiger charge is 2.31. The molecule has 7 heteroatoms. The molecule has 33 heavy (non-hydrogen) atoms. The van der Waals surface area contributed by atoms with Crippen molar-refractivity contribution in [1.29, 1.82) is 0 Å². The maximum Gasteiger partial charge on any atom is 0.410 e. The number of hydrogen-bond donors (Lipinski definition) is 0. The van der Waals surface area contributed by atoms with E-state index in [1.54, 1.807) is 12.0 Å². The number of carbonyl (C=O) groups excluding carboxylic acids is 2. The zero-order valence-electron chi connectivity index (χ0n) is 19.8. The highest BCUT2D eigenvalue weighted by molar-refractivity contribution is 9.10. The molecule has 1 aliphatic heterocycles. The SMILES string of the molecule is COc1ccc(CC(=O)N(Cc2cccc(Br)c2)C2CCN(C(=O)OC(C)(C)C)CC2)cc1. The van der Waals surface area contributed by atoms with Crippen molar-refractivity contribution >= 4 is 27.9 Å². The second-order valence-electron chi connectivity index (χ2n) is 9.37. The molecule has 1 saturated heterocycles. The first-order valence-corrected chi connectivity index (χ1v) is 12.1. The zero-order valence-corrected chi connectivity index (χ0v) is 21.4. The van der Waals surface area contributed by atoms with Gasteiger partial charge >= 0.3 is 6.09 Å². The first-order valence-electron chi connectivity index (χ1n) is 11.3. The molecule has 0 unspecified atom stereocenters. The summed E-state index contributed by atoms with van der Waals surface area (Å²) in [4.78, 5) is 29.6. The number of ether oxygens (including phenoxy) is 2. The number of piperidine rings is 1. The molecule has 0 atom stereocenters. The first kappa shape index (κ1) is 25.1. The minimum Gasteiger partial charge on any atom is -0.497 e. The van der Waals surface area contributed by atoms with E-state index < -0.39 is 5.60 Å². The third-order valence-electron chi connectivity index (χ3n) is 5.63. The van der Waals surface area contributed by atoms with Gasteiger partial charge in [0.15, 0.2) is 0 Å². The quantitative estimate of drug-likeness (QED) is 0.513. The fourth-order valence-corrected chi connectivity index (χ4v) is 4.41. The van der Waals surface area contributed by atoms with Gasteiger partial charge in [0, 0.05) is 30.1 Å². The van der Waals surface area contributed by atoms with Gasteiger partial charge in [0.25, 0.3) is 0 Å². The second-order valence-corrected chi connectivity index (χ2v) is 10.3. The Bertz CT molecular complexity index is 948. The molecule has 1 heterocycles. The Labute approximate surface area is 205 Å². The number of hydrogen-bond acceptors (Lipinski definition) is 4. The standard InChI is InChI=1S/C26H33BrN2O4/c1-26(2,3)33-25(31)28-14-12-22(13-15-28)29(18-20-6-5-7-21(27)16-20)24(30)17-19-8-10-23(32-4)11-9-19/h5-11,16,22H,12-15,17-18H2,1-4H3. The van der Waals surface area contributed by atoms with Crippen molar-refractivity contribution in [3.8, 4) is 5.75 Å². The van der Waals surface area contributed by atoms with E-state index in [0.717, 1.165) is 34.2 Å². The molecule has 0 spiro atoms. The molecule has 2 amide bonds. The van der Waals surface area contributed by atoms with Crippen LogP contribution in [0.3, 0.4) is 0 Å². The summed E-state index contributed by atoms with van der Waals surface area (Å²) in [7, 11) is 1.63. The van der Waals surface area contributed by atoms with Crippen LogP contribution in [-0.2, 0) is 22.5 Å². The van der Waals surface area contributed by atoms with Gasteiger partial charge in [-0.3, -0.25) is 4.79 Å². The molecule has 0 radical (unpaired) electrons. The highest BCUT2D eigenvalue weighted by atomic mass is 79.9. The van der Waals surface area contributed by atoms with E-state index in [-0.39, 0.29) is 18.0 Å². The molecule has 178 valence electrons. The van der Waals surface area contributed by atoms with Crippen LogP contribution in [0.5, 0.6) is 5.75 Å². The molecule has 0 bridgehead atoms. The summed E-state index contributed by atoms with van der Waals surface area (Å²) in [6.07, 6.45) is 1.48. The van der Waals surface area contributed by atoms with Crippen LogP contribution in [0.1, 0.15) is 44.7 Å². The number of methoxy groups -OCH3 is 1. The Morgan fingerprint density at radius 1 is 1.06 bits per heavy atom. The molecule has 0 saturated carbocycles. The van der Waals surface area contributed by atoms with Crippen LogP contribution in [0.15, 0.2) is 53.0 Å². The topological polar surface area (TPSA) is 59.1 Å². The Morgan fingerprint density at radius 3 is 2.30 bits per heavy atom. The normalized spacial score (nSPS) is 14.6. The van der Waals surface area contributed by atoms with Crippen LogP contribution in [-0.4, -0.2) is 53.6 Å². The predicted molar refractivity (Wildman–Crippen MR) is 132 cm³/mol. The Kier molecular flexibility index (Phi) is 8.40. The summed E-state index contributed by atoms with van der Waals surface area (Å²) >= 11 is 3.53. The zero-order chi connectivity index (χ0) is 24.0. The maximum atomic E-state index is 13.4. The average Bonchev–Trinajstić information content (AvgIpc) is 2.77. The average molecular weight is 517 g/mol. The Hall–Kier alpha value is -2.54. The van der Waals surface area contributed by atoms with Crippen molar-refractivity contribution < 1.29 is 19.1 Å². The van der Waals surface area contributed by atoms with Crippen molar-refractivity contribution in [1.82, 2.24) is 9.80 Å². The largest absolute Gasteiger partial charge is 0.497 e. The van der Waals surface area contributed by atoms with Crippen molar-refractivity contribution in [2.24, 2.45) is 0 Å². The second kappa shape index (κ2) is 11.1. The fourth-order valence-electron chi connectivity index (χ4n) is 3.96. The molecule has 0 aliphatic carbocycles. The molecule has 2 aromatic rings. The number of carbonyl (C=O) groups is 2. The molecule has 3 rings (SSSR count). The van der Waals surface area contributed by atoms with Crippen LogP contribution < -0.4 is 4.74 Å². The minimum atomic E-state index is -0.519. The van der Waals surface area contributed by atoms with Gasteiger partial charge in [0.2, 0.25) is 5.91 Å². The summed E-state index contributed by atoms with van der Waals surface area (Å²) in [5.74, 6) is 0.850. The number of likely N-dealkylation sites (tertiary alicyclic amines) is 1. The third kappa shape index (κ3) is 7.49. The van der Waals surface area contributed by atoms with Crippen molar-refractivity contribution in [2.45, 2.75) is 58.2 Å². The number of benzene rings is 2. The van der Waals surface area contributed by atoms with E-state index in [1.165, 1.54) is 0 Å². The molecule has 2 aromatic carbocycles. The summed E-state index contributed by atoms with van der Waals surface area (Å²) < 4.78 is 11.7. The molecule has 6 nitrogen and oxygen atoms in total. The van der Waals surface area contributed by atoms with Gasteiger partial charge in [-0.2, -0.15) is 0 Å². The summed E-state index contributed by atoms with van der Waals surface area (Å²) in [5, 5.41) is 0. The van der Waals surface area contributed by atoms with Gasteiger partial charge < -0.3 is 19.3 Å².